The first-order valence-electron chi connectivity index (χ1n) is 6.33. The molecule has 1 aromatic rings. The van der Waals surface area contributed by atoms with Crippen molar-refractivity contribution in [3.63, 3.8) is 0 Å². The van der Waals surface area contributed by atoms with Crippen molar-refractivity contribution >= 4 is 18.7 Å². The fraction of sp³-hybridized carbons (Fsp3) is 0.571. The SMILES string of the molecule is C=Cc1c(B2OC(C)(C)C(C)(C)O2)cn(C)c1C. The second-order valence-corrected chi connectivity index (χ2v) is 5.99. The van der Waals surface area contributed by atoms with Crippen LogP contribution in [0.3, 0.4) is 0 Å². The number of hydrogen-bond donors (Lipinski definition) is 0. The summed E-state index contributed by atoms with van der Waals surface area (Å²) in [7, 11) is 1.71. The zero-order valence-corrected chi connectivity index (χ0v) is 12.2. The molecule has 0 unspecified atom stereocenters. The first kappa shape index (κ1) is 13.4. The Labute approximate surface area is 110 Å². The van der Waals surface area contributed by atoms with E-state index >= 15 is 0 Å². The van der Waals surface area contributed by atoms with Gasteiger partial charge in [-0.1, -0.05) is 12.7 Å². The molecule has 0 saturated carbocycles. The van der Waals surface area contributed by atoms with Crippen LogP contribution in [-0.2, 0) is 16.4 Å². The van der Waals surface area contributed by atoms with E-state index in [0.29, 0.717) is 0 Å². The smallest absolute Gasteiger partial charge is 0.399 e. The van der Waals surface area contributed by atoms with Crippen LogP contribution < -0.4 is 5.46 Å². The van der Waals surface area contributed by atoms with Gasteiger partial charge in [-0.2, -0.15) is 0 Å². The molecule has 2 heterocycles. The van der Waals surface area contributed by atoms with Gasteiger partial charge in [0.15, 0.2) is 0 Å². The normalized spacial score (nSPS) is 21.3. The Morgan fingerprint density at radius 3 is 2.17 bits per heavy atom. The van der Waals surface area contributed by atoms with Crippen molar-refractivity contribution in [3.8, 4) is 0 Å². The van der Waals surface area contributed by atoms with Crippen LogP contribution >= 0.6 is 0 Å². The average Bonchev–Trinajstić information content (AvgIpc) is 2.64. The number of aryl methyl sites for hydroxylation is 1. The lowest BCUT2D eigenvalue weighted by molar-refractivity contribution is 0.00578. The Kier molecular flexibility index (Phi) is 2.99. The van der Waals surface area contributed by atoms with Gasteiger partial charge in [-0.05, 0) is 40.2 Å². The molecule has 0 amide bonds. The fourth-order valence-electron chi connectivity index (χ4n) is 2.20. The summed E-state index contributed by atoms with van der Waals surface area (Å²) in [6.07, 6.45) is 3.93. The van der Waals surface area contributed by atoms with Gasteiger partial charge in [-0.15, -0.1) is 0 Å². The predicted octanol–water partition coefficient (Wildman–Crippen LogP) is 2.28. The molecule has 0 atom stereocenters. The average molecular weight is 247 g/mol. The van der Waals surface area contributed by atoms with Crippen LogP contribution in [0.2, 0.25) is 0 Å². The van der Waals surface area contributed by atoms with E-state index in [1.54, 1.807) is 0 Å². The Balaban J connectivity index is 2.41. The first-order valence-corrected chi connectivity index (χ1v) is 6.33. The lowest BCUT2D eigenvalue weighted by Gasteiger charge is -2.32. The Morgan fingerprint density at radius 2 is 1.72 bits per heavy atom. The molecule has 0 radical (unpaired) electrons. The number of hydrogen-bond acceptors (Lipinski definition) is 2. The van der Waals surface area contributed by atoms with Crippen LogP contribution in [0.5, 0.6) is 0 Å². The van der Waals surface area contributed by atoms with E-state index in [-0.39, 0.29) is 18.3 Å². The molecule has 0 bridgehead atoms. The summed E-state index contributed by atoms with van der Waals surface area (Å²) >= 11 is 0. The number of rotatable bonds is 2. The van der Waals surface area contributed by atoms with E-state index in [2.05, 4.69) is 52.0 Å². The van der Waals surface area contributed by atoms with Crippen molar-refractivity contribution in [2.24, 2.45) is 7.05 Å². The maximum Gasteiger partial charge on any atom is 0.497 e. The molecule has 1 aliphatic heterocycles. The van der Waals surface area contributed by atoms with Crippen LogP contribution in [-0.4, -0.2) is 22.9 Å². The van der Waals surface area contributed by atoms with Gasteiger partial charge in [0.25, 0.3) is 0 Å². The molecule has 0 N–H and O–H groups in total. The summed E-state index contributed by atoms with van der Waals surface area (Å²) in [6, 6.07) is 0. The second kappa shape index (κ2) is 4.00. The summed E-state index contributed by atoms with van der Waals surface area (Å²) < 4.78 is 14.2. The summed E-state index contributed by atoms with van der Waals surface area (Å²) in [5.41, 5.74) is 2.73. The van der Waals surface area contributed by atoms with Crippen molar-refractivity contribution in [1.82, 2.24) is 4.57 Å². The fourth-order valence-corrected chi connectivity index (χ4v) is 2.20. The maximum atomic E-state index is 6.08. The quantitative estimate of drug-likeness (QED) is 0.748. The van der Waals surface area contributed by atoms with Crippen LogP contribution in [0.25, 0.3) is 6.08 Å². The zero-order valence-electron chi connectivity index (χ0n) is 12.2. The van der Waals surface area contributed by atoms with E-state index in [9.17, 15) is 0 Å². The molecule has 1 fully saturated rings. The van der Waals surface area contributed by atoms with Gasteiger partial charge in [0.1, 0.15) is 0 Å². The molecule has 0 aromatic carbocycles. The molecule has 98 valence electrons. The zero-order chi connectivity index (χ0) is 13.7. The topological polar surface area (TPSA) is 23.4 Å². The lowest BCUT2D eigenvalue weighted by atomic mass is 9.78. The van der Waals surface area contributed by atoms with Crippen LogP contribution in [0.15, 0.2) is 12.8 Å². The first-order chi connectivity index (χ1) is 8.19. The van der Waals surface area contributed by atoms with Crippen LogP contribution in [0.1, 0.15) is 39.0 Å². The Morgan fingerprint density at radius 1 is 1.22 bits per heavy atom. The van der Waals surface area contributed by atoms with Crippen molar-refractivity contribution < 1.29 is 9.31 Å². The van der Waals surface area contributed by atoms with Gasteiger partial charge >= 0.3 is 7.12 Å². The van der Waals surface area contributed by atoms with Gasteiger partial charge in [-0.3, -0.25) is 0 Å². The predicted molar refractivity (Wildman–Crippen MR) is 76.0 cm³/mol. The summed E-state index contributed by atoms with van der Waals surface area (Å²) in [4.78, 5) is 0. The van der Waals surface area contributed by atoms with Gasteiger partial charge in [-0.25, -0.2) is 0 Å². The summed E-state index contributed by atoms with van der Waals surface area (Å²) in [5.74, 6) is 0. The third kappa shape index (κ3) is 1.84. The van der Waals surface area contributed by atoms with E-state index in [1.165, 1.54) is 5.69 Å². The van der Waals surface area contributed by atoms with Gasteiger partial charge < -0.3 is 13.9 Å². The molecule has 3 nitrogen and oxygen atoms in total. The highest BCUT2D eigenvalue weighted by Gasteiger charge is 2.52. The molecule has 4 heteroatoms. The second-order valence-electron chi connectivity index (χ2n) is 5.99. The van der Waals surface area contributed by atoms with Crippen molar-refractivity contribution in [3.05, 3.63) is 24.0 Å². The van der Waals surface area contributed by atoms with Crippen molar-refractivity contribution in [1.29, 1.82) is 0 Å². The summed E-state index contributed by atoms with van der Waals surface area (Å²) in [6.45, 7) is 14.2. The maximum absolute atomic E-state index is 6.08. The number of aromatic nitrogens is 1. The summed E-state index contributed by atoms with van der Waals surface area (Å²) in [5, 5.41) is 0. The minimum absolute atomic E-state index is 0.306. The third-order valence-corrected chi connectivity index (χ3v) is 4.27. The van der Waals surface area contributed by atoms with E-state index in [4.69, 9.17) is 9.31 Å². The molecule has 0 aliphatic carbocycles. The minimum Gasteiger partial charge on any atom is -0.399 e. The van der Waals surface area contributed by atoms with Gasteiger partial charge in [0, 0.05) is 24.4 Å². The largest absolute Gasteiger partial charge is 0.497 e. The van der Waals surface area contributed by atoms with Gasteiger partial charge in [0.2, 0.25) is 0 Å². The lowest BCUT2D eigenvalue weighted by Crippen LogP contribution is -2.41. The third-order valence-electron chi connectivity index (χ3n) is 4.27. The highest BCUT2D eigenvalue weighted by Crippen LogP contribution is 2.36. The molecule has 1 saturated heterocycles. The molecule has 2 rings (SSSR count). The number of nitrogens with zero attached hydrogens (tertiary/aromatic N) is 1. The van der Waals surface area contributed by atoms with E-state index in [0.717, 1.165) is 11.0 Å². The molecule has 18 heavy (non-hydrogen) atoms. The Hall–Kier alpha value is -0.995. The molecule has 0 spiro atoms. The molecule has 1 aromatic heterocycles. The van der Waals surface area contributed by atoms with Crippen molar-refractivity contribution in [2.45, 2.75) is 45.8 Å². The van der Waals surface area contributed by atoms with Crippen LogP contribution in [0.4, 0.5) is 0 Å². The molecule has 1 aliphatic rings. The standard InChI is InChI=1S/C14H22BNO2/c1-8-11-10(2)16(7)9-12(11)15-17-13(3,4)14(5,6)18-15/h8-9H,1H2,2-7H3. The van der Waals surface area contributed by atoms with Crippen molar-refractivity contribution in [2.75, 3.05) is 0 Å². The van der Waals surface area contributed by atoms with Crippen LogP contribution in [0, 0.1) is 6.92 Å². The highest BCUT2D eigenvalue weighted by atomic mass is 16.7. The van der Waals surface area contributed by atoms with Gasteiger partial charge in [0.05, 0.1) is 11.2 Å². The molecular formula is C14H22BNO2. The highest BCUT2D eigenvalue weighted by molar-refractivity contribution is 6.63. The monoisotopic (exact) mass is 247 g/mol. The Bertz CT molecular complexity index is 472. The minimum atomic E-state index is -0.317. The van der Waals surface area contributed by atoms with E-state index in [1.807, 2.05) is 13.1 Å². The van der Waals surface area contributed by atoms with E-state index < -0.39 is 0 Å². The molecular weight excluding hydrogens is 225 g/mol.